The molecule has 134 valence electrons. The van der Waals surface area contributed by atoms with Gasteiger partial charge >= 0.3 is 0 Å². The average Bonchev–Trinajstić information content (AvgIpc) is 3.20. The Morgan fingerprint density at radius 1 is 1.13 bits per heavy atom. The fourth-order valence-corrected chi connectivity index (χ4v) is 5.00. The van der Waals surface area contributed by atoms with Gasteiger partial charge in [0.25, 0.3) is 0 Å². The van der Waals surface area contributed by atoms with E-state index in [0.717, 1.165) is 19.3 Å². The highest BCUT2D eigenvalue weighted by Gasteiger charge is 2.67. The van der Waals surface area contributed by atoms with Crippen LogP contribution in [0.2, 0.25) is 0 Å². The Balaban J connectivity index is 1.70. The van der Waals surface area contributed by atoms with Crippen LogP contribution in [-0.4, -0.2) is 46.3 Å². The molecule has 0 amide bonds. The molecular formula is C19H34O4. The molecule has 7 atom stereocenters. The Hall–Kier alpha value is -0.160. The van der Waals surface area contributed by atoms with Crippen LogP contribution in [0.5, 0.6) is 0 Å². The Bertz CT molecular complexity index is 458. The van der Waals surface area contributed by atoms with E-state index >= 15 is 0 Å². The standard InChI is InChI=1S/C19H34O4/c1-11(2)21-13-8-9-18(6,20)16(12(13)3)19(7)15(23-19)10-14-17(4,5)22-14/h11-16,20H,8-10H2,1-7H3/t12-,13-,14+,15-,16?,18-,19+/m1/s1. The van der Waals surface area contributed by atoms with Crippen molar-refractivity contribution in [2.24, 2.45) is 11.8 Å². The summed E-state index contributed by atoms with van der Waals surface area (Å²) in [5.41, 5.74) is -0.958. The van der Waals surface area contributed by atoms with Crippen molar-refractivity contribution in [2.75, 3.05) is 0 Å². The molecular weight excluding hydrogens is 292 g/mol. The lowest BCUT2D eigenvalue weighted by atomic mass is 9.63. The van der Waals surface area contributed by atoms with E-state index in [1.165, 1.54) is 0 Å². The summed E-state index contributed by atoms with van der Waals surface area (Å²) in [6, 6.07) is 0. The molecule has 2 aliphatic heterocycles. The number of hydrogen-bond acceptors (Lipinski definition) is 4. The molecule has 2 heterocycles. The van der Waals surface area contributed by atoms with Gasteiger partial charge in [-0.1, -0.05) is 6.92 Å². The second-order valence-electron chi connectivity index (χ2n) is 9.19. The van der Waals surface area contributed by atoms with Crippen molar-refractivity contribution in [3.05, 3.63) is 0 Å². The Morgan fingerprint density at radius 2 is 1.74 bits per heavy atom. The maximum atomic E-state index is 11.0. The summed E-state index contributed by atoms with van der Waals surface area (Å²) in [7, 11) is 0. The number of hydrogen-bond donors (Lipinski definition) is 1. The van der Waals surface area contributed by atoms with E-state index in [9.17, 15) is 5.11 Å². The van der Waals surface area contributed by atoms with E-state index in [0.29, 0.717) is 6.10 Å². The van der Waals surface area contributed by atoms with Gasteiger partial charge in [0, 0.05) is 12.3 Å². The Kier molecular flexibility index (Phi) is 4.16. The highest BCUT2D eigenvalue weighted by molar-refractivity contribution is 5.15. The van der Waals surface area contributed by atoms with E-state index in [2.05, 4.69) is 41.5 Å². The molecule has 0 spiro atoms. The summed E-state index contributed by atoms with van der Waals surface area (Å²) in [5, 5.41) is 11.0. The molecule has 2 saturated heterocycles. The summed E-state index contributed by atoms with van der Waals surface area (Å²) >= 11 is 0. The first kappa shape index (κ1) is 17.7. The summed E-state index contributed by atoms with van der Waals surface area (Å²) in [6.45, 7) is 14.8. The molecule has 0 aromatic carbocycles. The molecule has 1 saturated carbocycles. The van der Waals surface area contributed by atoms with Crippen molar-refractivity contribution in [3.63, 3.8) is 0 Å². The van der Waals surface area contributed by atoms with Gasteiger partial charge in [0.05, 0.1) is 41.2 Å². The van der Waals surface area contributed by atoms with Crippen molar-refractivity contribution in [1.82, 2.24) is 0 Å². The van der Waals surface area contributed by atoms with Gasteiger partial charge in [-0.2, -0.15) is 0 Å². The van der Waals surface area contributed by atoms with Crippen molar-refractivity contribution in [2.45, 2.75) is 109 Å². The molecule has 4 nitrogen and oxygen atoms in total. The van der Waals surface area contributed by atoms with E-state index in [-0.39, 0.29) is 41.3 Å². The minimum Gasteiger partial charge on any atom is -0.390 e. The molecule has 0 aromatic rings. The maximum Gasteiger partial charge on any atom is 0.0980 e. The third-order valence-corrected chi connectivity index (χ3v) is 6.35. The van der Waals surface area contributed by atoms with Crippen molar-refractivity contribution in [1.29, 1.82) is 0 Å². The van der Waals surface area contributed by atoms with Crippen LogP contribution >= 0.6 is 0 Å². The second kappa shape index (κ2) is 5.42. The quantitative estimate of drug-likeness (QED) is 0.788. The molecule has 3 rings (SSSR count). The zero-order valence-electron chi connectivity index (χ0n) is 15.8. The zero-order chi connectivity index (χ0) is 17.2. The number of epoxide rings is 2. The lowest BCUT2D eigenvalue weighted by molar-refractivity contribution is -0.149. The number of aliphatic hydroxyl groups is 1. The van der Waals surface area contributed by atoms with Crippen molar-refractivity contribution in [3.8, 4) is 0 Å². The Labute approximate surface area is 140 Å². The van der Waals surface area contributed by atoms with Crippen LogP contribution in [0.15, 0.2) is 0 Å². The van der Waals surface area contributed by atoms with E-state index in [1.54, 1.807) is 0 Å². The highest BCUT2D eigenvalue weighted by atomic mass is 16.6. The molecule has 3 fully saturated rings. The summed E-state index contributed by atoms with van der Waals surface area (Å²) in [4.78, 5) is 0. The topological polar surface area (TPSA) is 54.5 Å². The summed E-state index contributed by atoms with van der Waals surface area (Å²) < 4.78 is 18.0. The lowest BCUT2D eigenvalue weighted by Gasteiger charge is -2.48. The van der Waals surface area contributed by atoms with Crippen molar-refractivity contribution < 1.29 is 19.3 Å². The van der Waals surface area contributed by atoms with Gasteiger partial charge in [0.1, 0.15) is 0 Å². The third-order valence-electron chi connectivity index (χ3n) is 6.35. The van der Waals surface area contributed by atoms with Crippen LogP contribution in [0.4, 0.5) is 0 Å². The van der Waals surface area contributed by atoms with Crippen LogP contribution in [0, 0.1) is 11.8 Å². The Morgan fingerprint density at radius 3 is 2.26 bits per heavy atom. The van der Waals surface area contributed by atoms with Gasteiger partial charge in [-0.25, -0.2) is 0 Å². The number of rotatable bonds is 5. The predicted octanol–water partition coefficient (Wildman–Crippen LogP) is 3.30. The van der Waals surface area contributed by atoms with Gasteiger partial charge < -0.3 is 19.3 Å². The molecule has 0 aromatic heterocycles. The van der Waals surface area contributed by atoms with Gasteiger partial charge in [-0.3, -0.25) is 0 Å². The van der Waals surface area contributed by atoms with Gasteiger partial charge in [0.15, 0.2) is 0 Å². The predicted molar refractivity (Wildman–Crippen MR) is 89.4 cm³/mol. The second-order valence-corrected chi connectivity index (χ2v) is 9.19. The van der Waals surface area contributed by atoms with E-state index in [4.69, 9.17) is 14.2 Å². The molecule has 0 radical (unpaired) electrons. The minimum atomic E-state index is -0.695. The molecule has 23 heavy (non-hydrogen) atoms. The first-order chi connectivity index (χ1) is 10.5. The van der Waals surface area contributed by atoms with Crippen LogP contribution in [-0.2, 0) is 14.2 Å². The fourth-order valence-electron chi connectivity index (χ4n) is 5.00. The molecule has 0 bridgehead atoms. The van der Waals surface area contributed by atoms with Crippen LogP contribution in [0.25, 0.3) is 0 Å². The molecule has 1 N–H and O–H groups in total. The van der Waals surface area contributed by atoms with Crippen LogP contribution < -0.4 is 0 Å². The molecule has 4 heteroatoms. The van der Waals surface area contributed by atoms with Crippen LogP contribution in [0.1, 0.15) is 67.7 Å². The SMILES string of the molecule is CC(C)O[C@@H]1CC[C@@](C)(O)C([C@@]2(C)O[C@@H]2C[C@@H]2OC2(C)C)[C@@H]1C. The van der Waals surface area contributed by atoms with Gasteiger partial charge in [-0.05, 0) is 60.3 Å². The minimum absolute atomic E-state index is 0.00313. The smallest absolute Gasteiger partial charge is 0.0980 e. The maximum absolute atomic E-state index is 11.0. The highest BCUT2D eigenvalue weighted by Crippen LogP contribution is 2.57. The normalized spacial score (nSPS) is 51.8. The zero-order valence-corrected chi connectivity index (χ0v) is 15.8. The van der Waals surface area contributed by atoms with Crippen molar-refractivity contribution >= 4 is 0 Å². The van der Waals surface area contributed by atoms with Gasteiger partial charge in [-0.15, -0.1) is 0 Å². The first-order valence-corrected chi connectivity index (χ1v) is 9.21. The summed E-state index contributed by atoms with van der Waals surface area (Å²) in [5.74, 6) is 0.378. The third kappa shape index (κ3) is 3.20. The van der Waals surface area contributed by atoms with Crippen LogP contribution in [0.3, 0.4) is 0 Å². The van der Waals surface area contributed by atoms with Gasteiger partial charge in [0.2, 0.25) is 0 Å². The lowest BCUT2D eigenvalue weighted by Crippen LogP contribution is -2.54. The average molecular weight is 326 g/mol. The molecule has 3 aliphatic rings. The van der Waals surface area contributed by atoms with E-state index < -0.39 is 5.60 Å². The number of ether oxygens (including phenoxy) is 3. The largest absolute Gasteiger partial charge is 0.390 e. The fraction of sp³-hybridized carbons (Fsp3) is 1.00. The summed E-state index contributed by atoms with van der Waals surface area (Å²) in [6.07, 6.45) is 3.52. The first-order valence-electron chi connectivity index (χ1n) is 9.21. The van der Waals surface area contributed by atoms with E-state index in [1.807, 2.05) is 6.92 Å². The monoisotopic (exact) mass is 326 g/mol. The molecule has 1 unspecified atom stereocenters. The molecule has 1 aliphatic carbocycles.